The summed E-state index contributed by atoms with van der Waals surface area (Å²) in [5.41, 5.74) is 3.67. The minimum atomic E-state index is -0.332. The highest BCUT2D eigenvalue weighted by Gasteiger charge is 2.21. The van der Waals surface area contributed by atoms with Crippen molar-refractivity contribution in [2.75, 3.05) is 20.2 Å². The summed E-state index contributed by atoms with van der Waals surface area (Å²) in [6.45, 7) is 4.87. The topological polar surface area (TPSA) is 46.6 Å². The summed E-state index contributed by atoms with van der Waals surface area (Å²) in [6.07, 6.45) is 2.94. The Morgan fingerprint density at radius 2 is 1.61 bits per heavy atom. The summed E-state index contributed by atoms with van der Waals surface area (Å²) in [6, 6.07) is 18.5. The van der Waals surface area contributed by atoms with E-state index in [9.17, 15) is 9.59 Å². The van der Waals surface area contributed by atoms with Crippen molar-refractivity contribution in [1.82, 2.24) is 4.90 Å². The van der Waals surface area contributed by atoms with Gasteiger partial charge in [-0.25, -0.2) is 0 Å². The van der Waals surface area contributed by atoms with E-state index in [-0.39, 0.29) is 17.8 Å². The largest absolute Gasteiger partial charge is 0.469 e. The molecule has 0 spiro atoms. The van der Waals surface area contributed by atoms with Crippen molar-refractivity contribution < 1.29 is 14.3 Å². The van der Waals surface area contributed by atoms with Crippen LogP contribution in [0.5, 0.6) is 0 Å². The molecule has 0 saturated heterocycles. The maximum Gasteiger partial charge on any atom is 0.310 e. The van der Waals surface area contributed by atoms with E-state index >= 15 is 0 Å². The summed E-state index contributed by atoms with van der Waals surface area (Å²) in [5, 5.41) is 0. The van der Waals surface area contributed by atoms with E-state index in [1.807, 2.05) is 23.1 Å². The number of hydrogen-bond donors (Lipinski definition) is 0. The standard InChI is InChI=1S/C24H31NO3/c1-19-12-14-22(15-13-19)10-7-11-23(26)25(18-20(2)24(27)28-3)17-16-21-8-5-4-6-9-21/h4-6,8-9,12-15,20H,7,10-11,16-18H2,1-3H3. The van der Waals surface area contributed by atoms with Gasteiger partial charge in [-0.15, -0.1) is 0 Å². The molecule has 0 aliphatic carbocycles. The van der Waals surface area contributed by atoms with Crippen LogP contribution < -0.4 is 0 Å². The summed E-state index contributed by atoms with van der Waals surface area (Å²) in [7, 11) is 1.39. The fourth-order valence-corrected chi connectivity index (χ4v) is 3.19. The monoisotopic (exact) mass is 381 g/mol. The first-order valence-corrected chi connectivity index (χ1v) is 9.94. The predicted molar refractivity (Wildman–Crippen MR) is 112 cm³/mol. The van der Waals surface area contributed by atoms with E-state index in [1.54, 1.807) is 6.92 Å². The first-order valence-electron chi connectivity index (χ1n) is 9.94. The molecular weight excluding hydrogens is 350 g/mol. The average Bonchev–Trinajstić information content (AvgIpc) is 2.72. The van der Waals surface area contributed by atoms with Crippen molar-refractivity contribution in [3.8, 4) is 0 Å². The molecule has 4 heteroatoms. The van der Waals surface area contributed by atoms with Crippen LogP contribution in [0.4, 0.5) is 0 Å². The summed E-state index contributed by atoms with van der Waals surface area (Å²) >= 11 is 0. The minimum Gasteiger partial charge on any atom is -0.469 e. The zero-order valence-corrected chi connectivity index (χ0v) is 17.2. The first-order chi connectivity index (χ1) is 13.5. The van der Waals surface area contributed by atoms with Gasteiger partial charge in [0.05, 0.1) is 13.0 Å². The van der Waals surface area contributed by atoms with Gasteiger partial charge in [0.15, 0.2) is 0 Å². The van der Waals surface area contributed by atoms with Gasteiger partial charge in [0, 0.05) is 19.5 Å². The zero-order chi connectivity index (χ0) is 20.4. The van der Waals surface area contributed by atoms with Crippen LogP contribution in [-0.4, -0.2) is 37.0 Å². The molecule has 0 aliphatic heterocycles. The molecule has 1 amide bonds. The fraction of sp³-hybridized carbons (Fsp3) is 0.417. The predicted octanol–water partition coefficient (Wildman–Crippen LogP) is 4.20. The lowest BCUT2D eigenvalue weighted by atomic mass is 10.1. The van der Waals surface area contributed by atoms with Gasteiger partial charge in [-0.2, -0.15) is 0 Å². The van der Waals surface area contributed by atoms with Crippen molar-refractivity contribution >= 4 is 11.9 Å². The van der Waals surface area contributed by atoms with Crippen LogP contribution in [0.15, 0.2) is 54.6 Å². The SMILES string of the molecule is COC(=O)C(C)CN(CCc1ccccc1)C(=O)CCCc1ccc(C)cc1. The molecule has 0 radical (unpaired) electrons. The Morgan fingerprint density at radius 3 is 2.25 bits per heavy atom. The van der Waals surface area contributed by atoms with Gasteiger partial charge < -0.3 is 9.64 Å². The summed E-state index contributed by atoms with van der Waals surface area (Å²) < 4.78 is 4.83. The first kappa shape index (κ1) is 21.7. The molecule has 0 fully saturated rings. The highest BCUT2D eigenvalue weighted by atomic mass is 16.5. The van der Waals surface area contributed by atoms with E-state index < -0.39 is 0 Å². The number of carbonyl (C=O) groups is 2. The van der Waals surface area contributed by atoms with Crippen LogP contribution in [0.2, 0.25) is 0 Å². The normalized spacial score (nSPS) is 11.7. The van der Waals surface area contributed by atoms with E-state index in [4.69, 9.17) is 4.74 Å². The Morgan fingerprint density at radius 1 is 0.964 bits per heavy atom. The van der Waals surface area contributed by atoms with Gasteiger partial charge in [-0.1, -0.05) is 67.1 Å². The Bertz CT molecular complexity index is 740. The second-order valence-electron chi connectivity index (χ2n) is 7.34. The summed E-state index contributed by atoms with van der Waals surface area (Å²) in [5.74, 6) is -0.516. The molecule has 2 aromatic carbocycles. The third-order valence-corrected chi connectivity index (χ3v) is 4.94. The number of carbonyl (C=O) groups excluding carboxylic acids is 2. The molecule has 1 unspecified atom stereocenters. The summed E-state index contributed by atoms with van der Waals surface area (Å²) in [4.78, 5) is 26.4. The molecular formula is C24H31NO3. The van der Waals surface area contributed by atoms with Crippen molar-refractivity contribution in [1.29, 1.82) is 0 Å². The second-order valence-corrected chi connectivity index (χ2v) is 7.34. The van der Waals surface area contributed by atoms with Crippen LogP contribution in [0, 0.1) is 12.8 Å². The smallest absolute Gasteiger partial charge is 0.310 e. The molecule has 0 saturated carbocycles. The molecule has 0 aromatic heterocycles. The molecule has 2 rings (SSSR count). The molecule has 0 bridgehead atoms. The lowest BCUT2D eigenvalue weighted by molar-refractivity contribution is -0.146. The third-order valence-electron chi connectivity index (χ3n) is 4.94. The number of aryl methyl sites for hydroxylation is 2. The molecule has 4 nitrogen and oxygen atoms in total. The highest BCUT2D eigenvalue weighted by molar-refractivity contribution is 5.78. The van der Waals surface area contributed by atoms with Gasteiger partial charge in [0.2, 0.25) is 5.91 Å². The number of ether oxygens (including phenoxy) is 1. The number of hydrogen-bond acceptors (Lipinski definition) is 3. The number of rotatable bonds is 10. The van der Waals surface area contributed by atoms with Crippen molar-refractivity contribution in [2.24, 2.45) is 5.92 Å². The second kappa shape index (κ2) is 11.3. The Hall–Kier alpha value is -2.62. The van der Waals surface area contributed by atoms with Gasteiger partial charge >= 0.3 is 5.97 Å². The lowest BCUT2D eigenvalue weighted by Crippen LogP contribution is -2.38. The van der Waals surface area contributed by atoms with Gasteiger partial charge in [0.1, 0.15) is 0 Å². The van der Waals surface area contributed by atoms with Gasteiger partial charge in [0.25, 0.3) is 0 Å². The molecule has 150 valence electrons. The maximum absolute atomic E-state index is 12.8. The van der Waals surface area contributed by atoms with E-state index in [0.29, 0.717) is 19.5 Å². The van der Waals surface area contributed by atoms with Gasteiger partial charge in [-0.05, 0) is 37.3 Å². The van der Waals surface area contributed by atoms with Crippen LogP contribution in [0.25, 0.3) is 0 Å². The van der Waals surface area contributed by atoms with Crippen molar-refractivity contribution in [3.63, 3.8) is 0 Å². The number of amides is 1. The molecule has 0 N–H and O–H groups in total. The number of esters is 1. The van der Waals surface area contributed by atoms with E-state index in [1.165, 1.54) is 23.8 Å². The molecule has 28 heavy (non-hydrogen) atoms. The van der Waals surface area contributed by atoms with Crippen LogP contribution in [0.3, 0.4) is 0 Å². The maximum atomic E-state index is 12.8. The fourth-order valence-electron chi connectivity index (χ4n) is 3.19. The average molecular weight is 382 g/mol. The third kappa shape index (κ3) is 7.18. The van der Waals surface area contributed by atoms with Gasteiger partial charge in [-0.3, -0.25) is 9.59 Å². The number of nitrogens with zero attached hydrogens (tertiary/aromatic N) is 1. The lowest BCUT2D eigenvalue weighted by Gasteiger charge is -2.25. The minimum absolute atomic E-state index is 0.0961. The van der Waals surface area contributed by atoms with Crippen LogP contribution >= 0.6 is 0 Å². The molecule has 0 aliphatic rings. The molecule has 0 heterocycles. The molecule has 2 aromatic rings. The molecule has 1 atom stereocenters. The quantitative estimate of drug-likeness (QED) is 0.580. The Balaban J connectivity index is 1.92. The van der Waals surface area contributed by atoms with Crippen molar-refractivity contribution in [3.05, 3.63) is 71.3 Å². The zero-order valence-electron chi connectivity index (χ0n) is 17.2. The van der Waals surface area contributed by atoms with Crippen LogP contribution in [0.1, 0.15) is 36.5 Å². The Kier molecular flexibility index (Phi) is 8.73. The Labute approximate surface area is 168 Å². The van der Waals surface area contributed by atoms with E-state index in [0.717, 1.165) is 19.3 Å². The van der Waals surface area contributed by atoms with E-state index in [2.05, 4.69) is 43.3 Å². The highest BCUT2D eigenvalue weighted by Crippen LogP contribution is 2.11. The number of benzene rings is 2. The number of methoxy groups -OCH3 is 1. The van der Waals surface area contributed by atoms with Crippen LogP contribution in [-0.2, 0) is 27.2 Å². The van der Waals surface area contributed by atoms with Crippen molar-refractivity contribution in [2.45, 2.75) is 39.5 Å².